The van der Waals surface area contributed by atoms with Crippen LogP contribution in [0.25, 0.3) is 5.69 Å². The van der Waals surface area contributed by atoms with Crippen molar-refractivity contribution in [2.45, 2.75) is 26.7 Å². The number of benzene rings is 1. The first-order valence-corrected chi connectivity index (χ1v) is 8.15. The summed E-state index contributed by atoms with van der Waals surface area (Å²) >= 11 is 0. The van der Waals surface area contributed by atoms with Crippen molar-refractivity contribution in [3.63, 3.8) is 0 Å². The van der Waals surface area contributed by atoms with Crippen LogP contribution < -0.4 is 0 Å². The van der Waals surface area contributed by atoms with Crippen molar-refractivity contribution in [2.24, 2.45) is 0 Å². The minimum atomic E-state index is 0. The van der Waals surface area contributed by atoms with Crippen LogP contribution in [0, 0.1) is 13.8 Å². The van der Waals surface area contributed by atoms with Crippen LogP contribution in [0.5, 0.6) is 0 Å². The molecule has 5 heteroatoms. The zero-order chi connectivity index (χ0) is 15.4. The lowest BCUT2D eigenvalue weighted by molar-refractivity contribution is 0.0375. The lowest BCUT2D eigenvalue weighted by atomic mass is 10.1. The molecule has 1 aliphatic rings. The molecule has 0 radical (unpaired) electrons. The molecule has 0 amide bonds. The van der Waals surface area contributed by atoms with E-state index in [0.29, 0.717) is 0 Å². The standard InChI is InChI=1S/C18H25N3O.ClH/c1-15-13-16(2)21(19-15)18-7-3-5-17(14-18)6-4-8-20-9-11-22-12-10-20;/h3,5,7,13-14H,4,6,8-12H2,1-2H3;1H. The third kappa shape index (κ3) is 4.80. The van der Waals surface area contributed by atoms with Gasteiger partial charge in [-0.1, -0.05) is 12.1 Å². The molecule has 4 nitrogen and oxygen atoms in total. The molecule has 0 saturated carbocycles. The molecule has 1 aliphatic heterocycles. The summed E-state index contributed by atoms with van der Waals surface area (Å²) in [5.74, 6) is 0. The van der Waals surface area contributed by atoms with Crippen LogP contribution in [0.2, 0.25) is 0 Å². The Balaban J connectivity index is 0.00000192. The zero-order valence-electron chi connectivity index (χ0n) is 14.0. The van der Waals surface area contributed by atoms with Crippen molar-refractivity contribution in [2.75, 3.05) is 32.8 Å². The van der Waals surface area contributed by atoms with Crippen molar-refractivity contribution in [3.05, 3.63) is 47.3 Å². The number of hydrogen-bond acceptors (Lipinski definition) is 3. The third-order valence-corrected chi connectivity index (χ3v) is 4.21. The molecule has 0 N–H and O–H groups in total. The molecule has 2 aromatic rings. The summed E-state index contributed by atoms with van der Waals surface area (Å²) in [7, 11) is 0. The minimum Gasteiger partial charge on any atom is -0.379 e. The van der Waals surface area contributed by atoms with Gasteiger partial charge < -0.3 is 4.74 Å². The highest BCUT2D eigenvalue weighted by Gasteiger charge is 2.10. The fraction of sp³-hybridized carbons (Fsp3) is 0.500. The average molecular weight is 336 g/mol. The van der Waals surface area contributed by atoms with Crippen molar-refractivity contribution >= 4 is 12.4 Å². The van der Waals surface area contributed by atoms with E-state index in [-0.39, 0.29) is 12.4 Å². The fourth-order valence-corrected chi connectivity index (χ4v) is 3.07. The molecule has 1 saturated heterocycles. The fourth-order valence-electron chi connectivity index (χ4n) is 3.07. The quantitative estimate of drug-likeness (QED) is 0.840. The van der Waals surface area contributed by atoms with Gasteiger partial charge in [0.2, 0.25) is 0 Å². The smallest absolute Gasteiger partial charge is 0.0651 e. The molecule has 0 spiro atoms. The first-order valence-electron chi connectivity index (χ1n) is 8.15. The number of aromatic nitrogens is 2. The Bertz CT molecular complexity index is 620. The third-order valence-electron chi connectivity index (χ3n) is 4.21. The maximum absolute atomic E-state index is 5.39. The number of ether oxygens (including phenoxy) is 1. The molecule has 0 aliphatic carbocycles. The predicted molar refractivity (Wildman–Crippen MR) is 95.9 cm³/mol. The highest BCUT2D eigenvalue weighted by molar-refractivity contribution is 5.85. The highest BCUT2D eigenvalue weighted by atomic mass is 35.5. The van der Waals surface area contributed by atoms with E-state index in [0.717, 1.165) is 50.7 Å². The monoisotopic (exact) mass is 335 g/mol. The second kappa shape index (κ2) is 8.48. The normalized spacial score (nSPS) is 15.4. The van der Waals surface area contributed by atoms with Gasteiger partial charge in [0, 0.05) is 18.8 Å². The van der Waals surface area contributed by atoms with E-state index in [1.54, 1.807) is 0 Å². The molecule has 23 heavy (non-hydrogen) atoms. The van der Waals surface area contributed by atoms with Gasteiger partial charge in [-0.3, -0.25) is 4.90 Å². The number of nitrogens with zero attached hydrogens (tertiary/aromatic N) is 3. The Morgan fingerprint density at radius 1 is 1.13 bits per heavy atom. The molecule has 0 unspecified atom stereocenters. The van der Waals surface area contributed by atoms with Gasteiger partial charge in [-0.2, -0.15) is 5.10 Å². The summed E-state index contributed by atoms with van der Waals surface area (Å²) in [6, 6.07) is 10.9. The molecule has 1 aromatic heterocycles. The van der Waals surface area contributed by atoms with Crippen LogP contribution >= 0.6 is 12.4 Å². The maximum atomic E-state index is 5.39. The Morgan fingerprint density at radius 3 is 2.61 bits per heavy atom. The molecule has 0 bridgehead atoms. The number of rotatable bonds is 5. The molecular weight excluding hydrogens is 310 g/mol. The van der Waals surface area contributed by atoms with E-state index < -0.39 is 0 Å². The number of halogens is 1. The van der Waals surface area contributed by atoms with Gasteiger partial charge in [-0.15, -0.1) is 12.4 Å². The van der Waals surface area contributed by atoms with Crippen LogP contribution in [0.1, 0.15) is 23.4 Å². The minimum absolute atomic E-state index is 0. The van der Waals surface area contributed by atoms with E-state index in [4.69, 9.17) is 4.74 Å². The number of hydrogen-bond donors (Lipinski definition) is 0. The lowest BCUT2D eigenvalue weighted by Crippen LogP contribution is -2.36. The summed E-state index contributed by atoms with van der Waals surface area (Å²) in [5, 5.41) is 4.57. The number of morpholine rings is 1. The maximum Gasteiger partial charge on any atom is 0.0651 e. The summed E-state index contributed by atoms with van der Waals surface area (Å²) in [6.45, 7) is 9.21. The summed E-state index contributed by atoms with van der Waals surface area (Å²) < 4.78 is 7.42. The van der Waals surface area contributed by atoms with E-state index in [9.17, 15) is 0 Å². The first kappa shape index (κ1) is 18.0. The molecule has 126 valence electrons. The van der Waals surface area contributed by atoms with Crippen molar-refractivity contribution in [1.82, 2.24) is 14.7 Å². The predicted octanol–water partition coefficient (Wildman–Crippen LogP) is 3.18. The summed E-state index contributed by atoms with van der Waals surface area (Å²) in [5.41, 5.74) is 4.80. The van der Waals surface area contributed by atoms with E-state index in [1.807, 2.05) is 11.6 Å². The van der Waals surface area contributed by atoms with Gasteiger partial charge in [0.25, 0.3) is 0 Å². The van der Waals surface area contributed by atoms with Gasteiger partial charge >= 0.3 is 0 Å². The Morgan fingerprint density at radius 2 is 1.91 bits per heavy atom. The Kier molecular flexibility index (Phi) is 6.63. The second-order valence-corrected chi connectivity index (χ2v) is 6.07. The topological polar surface area (TPSA) is 30.3 Å². The van der Waals surface area contributed by atoms with E-state index in [2.05, 4.69) is 47.3 Å². The molecular formula is C18H26ClN3O. The Labute approximate surface area is 144 Å². The first-order chi connectivity index (χ1) is 10.7. The molecule has 1 fully saturated rings. The molecule has 2 heterocycles. The average Bonchev–Trinajstić information content (AvgIpc) is 2.87. The SMILES string of the molecule is Cc1cc(C)n(-c2cccc(CCCN3CCOCC3)c2)n1.Cl. The summed E-state index contributed by atoms with van der Waals surface area (Å²) in [4.78, 5) is 2.49. The van der Waals surface area contributed by atoms with Crippen molar-refractivity contribution in [3.8, 4) is 5.69 Å². The van der Waals surface area contributed by atoms with Crippen LogP contribution in [-0.4, -0.2) is 47.5 Å². The zero-order valence-corrected chi connectivity index (χ0v) is 14.8. The van der Waals surface area contributed by atoms with Crippen LogP contribution in [0.15, 0.2) is 30.3 Å². The van der Waals surface area contributed by atoms with E-state index >= 15 is 0 Å². The van der Waals surface area contributed by atoms with Crippen molar-refractivity contribution < 1.29 is 4.74 Å². The van der Waals surface area contributed by atoms with Crippen LogP contribution in [0.3, 0.4) is 0 Å². The van der Waals surface area contributed by atoms with Crippen molar-refractivity contribution in [1.29, 1.82) is 0 Å². The van der Waals surface area contributed by atoms with Crippen LogP contribution in [0.4, 0.5) is 0 Å². The lowest BCUT2D eigenvalue weighted by Gasteiger charge is -2.26. The largest absolute Gasteiger partial charge is 0.379 e. The van der Waals surface area contributed by atoms with Gasteiger partial charge in [0.05, 0.1) is 24.6 Å². The molecule has 1 aromatic carbocycles. The second-order valence-electron chi connectivity index (χ2n) is 6.07. The van der Waals surface area contributed by atoms with Gasteiger partial charge in [-0.25, -0.2) is 4.68 Å². The van der Waals surface area contributed by atoms with Gasteiger partial charge in [-0.05, 0) is 57.0 Å². The van der Waals surface area contributed by atoms with Gasteiger partial charge in [0.1, 0.15) is 0 Å². The molecule has 0 atom stereocenters. The van der Waals surface area contributed by atoms with Gasteiger partial charge in [0.15, 0.2) is 0 Å². The Hall–Kier alpha value is -1.36. The van der Waals surface area contributed by atoms with E-state index in [1.165, 1.54) is 17.7 Å². The highest BCUT2D eigenvalue weighted by Crippen LogP contribution is 2.15. The number of aryl methyl sites for hydroxylation is 3. The van der Waals surface area contributed by atoms with Crippen LogP contribution in [-0.2, 0) is 11.2 Å². The molecule has 3 rings (SSSR count). The summed E-state index contributed by atoms with van der Waals surface area (Å²) in [6.07, 6.45) is 2.31.